The molecule has 2 aromatic carbocycles. The summed E-state index contributed by atoms with van der Waals surface area (Å²) >= 11 is 0. The summed E-state index contributed by atoms with van der Waals surface area (Å²) < 4.78 is 5.60. The van der Waals surface area contributed by atoms with E-state index in [0.29, 0.717) is 42.5 Å². The van der Waals surface area contributed by atoms with Gasteiger partial charge in [0.05, 0.1) is 12.7 Å². The van der Waals surface area contributed by atoms with Gasteiger partial charge in [0.2, 0.25) is 0 Å². The molecule has 0 saturated carbocycles. The highest BCUT2D eigenvalue weighted by Gasteiger charge is 2.11. The maximum atomic E-state index is 12.5. The number of nitrogens with zero attached hydrogens (tertiary/aromatic N) is 2. The fraction of sp³-hybridized carbons (Fsp3) is 0.364. The van der Waals surface area contributed by atoms with Crippen LogP contribution in [0.15, 0.2) is 48.5 Å². The molecule has 27 heavy (non-hydrogen) atoms. The number of unbranched alkanes of at least 4 members (excludes halogenated alkanes) is 1. The number of ether oxygens (including phenoxy) is 1. The molecule has 0 aliphatic carbocycles. The second kappa shape index (κ2) is 10.2. The number of carbonyl (C=O) groups excluding carboxylic acids is 1. The summed E-state index contributed by atoms with van der Waals surface area (Å²) in [6.07, 6.45) is 1.16. The van der Waals surface area contributed by atoms with Crippen molar-refractivity contribution in [2.45, 2.75) is 39.7 Å². The number of hydrogen-bond donors (Lipinski definition) is 1. The first-order valence-electron chi connectivity index (χ1n) is 9.33. The zero-order valence-electron chi connectivity index (χ0n) is 16.2. The molecule has 0 aromatic heterocycles. The molecule has 5 nitrogen and oxygen atoms in total. The third-order valence-electron chi connectivity index (χ3n) is 4.22. The molecule has 0 aliphatic rings. The normalized spacial score (nSPS) is 10.3. The summed E-state index contributed by atoms with van der Waals surface area (Å²) in [7, 11) is 0. The van der Waals surface area contributed by atoms with Gasteiger partial charge in [-0.15, -0.1) is 0 Å². The lowest BCUT2D eigenvalue weighted by Crippen LogP contribution is -2.30. The van der Waals surface area contributed by atoms with Crippen LogP contribution in [0.2, 0.25) is 0 Å². The Morgan fingerprint density at radius 1 is 1.22 bits per heavy atom. The molecule has 1 N–H and O–H groups in total. The van der Waals surface area contributed by atoms with E-state index in [1.165, 1.54) is 0 Å². The summed E-state index contributed by atoms with van der Waals surface area (Å²) in [6, 6.07) is 17.4. The number of nitrogens with one attached hydrogen (secondary N) is 1. The van der Waals surface area contributed by atoms with Gasteiger partial charge in [-0.05, 0) is 63.6 Å². The monoisotopic (exact) mass is 365 g/mol. The van der Waals surface area contributed by atoms with E-state index in [-0.39, 0.29) is 5.91 Å². The van der Waals surface area contributed by atoms with Gasteiger partial charge in [0.15, 0.2) is 0 Å². The minimum Gasteiger partial charge on any atom is -0.493 e. The number of hydrogen-bond acceptors (Lipinski definition) is 4. The molecule has 0 spiro atoms. The fourth-order valence-corrected chi connectivity index (χ4v) is 2.86. The van der Waals surface area contributed by atoms with Gasteiger partial charge in [0, 0.05) is 42.0 Å². The van der Waals surface area contributed by atoms with Gasteiger partial charge in [0.25, 0.3) is 5.91 Å². The maximum Gasteiger partial charge on any atom is 0.255 e. The van der Waals surface area contributed by atoms with Crippen molar-refractivity contribution in [1.82, 2.24) is 0 Å². The van der Waals surface area contributed by atoms with Gasteiger partial charge < -0.3 is 15.0 Å². The number of nitriles is 1. The Labute approximate surface area is 161 Å². The van der Waals surface area contributed by atoms with Crippen LogP contribution >= 0.6 is 0 Å². The predicted molar refractivity (Wildman–Crippen MR) is 109 cm³/mol. The van der Waals surface area contributed by atoms with Crippen molar-refractivity contribution in [3.05, 3.63) is 54.1 Å². The lowest BCUT2D eigenvalue weighted by molar-refractivity contribution is 0.102. The second-order valence-corrected chi connectivity index (χ2v) is 6.52. The molecule has 2 rings (SSSR count). The standard InChI is InChI=1S/C22H27N3O2/c1-4-25(17(2)3)20-12-10-18(11-13-20)22(26)24-19-8-7-9-21(16-19)27-15-6-5-14-23/h7-13,16-17H,4-6,15H2,1-3H3,(H,24,26). The molecule has 0 aliphatic heterocycles. The van der Waals surface area contributed by atoms with E-state index >= 15 is 0 Å². The van der Waals surface area contributed by atoms with Crippen molar-refractivity contribution in [3.8, 4) is 11.8 Å². The van der Waals surface area contributed by atoms with Crippen LogP contribution < -0.4 is 15.0 Å². The molecule has 2 aromatic rings. The molecule has 142 valence electrons. The average Bonchev–Trinajstić information content (AvgIpc) is 2.66. The average molecular weight is 365 g/mol. The molecule has 0 saturated heterocycles. The van der Waals surface area contributed by atoms with E-state index in [4.69, 9.17) is 10.00 Å². The quantitative estimate of drug-likeness (QED) is 0.645. The highest BCUT2D eigenvalue weighted by molar-refractivity contribution is 6.04. The number of anilines is 2. The fourth-order valence-electron chi connectivity index (χ4n) is 2.86. The summed E-state index contributed by atoms with van der Waals surface area (Å²) in [5.41, 5.74) is 2.40. The van der Waals surface area contributed by atoms with E-state index < -0.39 is 0 Å². The smallest absolute Gasteiger partial charge is 0.255 e. The van der Waals surface area contributed by atoms with Gasteiger partial charge in [-0.25, -0.2) is 0 Å². The highest BCUT2D eigenvalue weighted by Crippen LogP contribution is 2.20. The third kappa shape index (κ3) is 6.03. The third-order valence-corrected chi connectivity index (χ3v) is 4.22. The van der Waals surface area contributed by atoms with Crippen LogP contribution in [-0.4, -0.2) is 25.1 Å². The van der Waals surface area contributed by atoms with Crippen molar-refractivity contribution < 1.29 is 9.53 Å². The van der Waals surface area contributed by atoms with Gasteiger partial charge in [-0.3, -0.25) is 4.79 Å². The van der Waals surface area contributed by atoms with Crippen molar-refractivity contribution >= 4 is 17.3 Å². The van der Waals surface area contributed by atoms with E-state index in [1.807, 2.05) is 42.5 Å². The Balaban J connectivity index is 1.99. The first-order valence-corrected chi connectivity index (χ1v) is 9.33. The Morgan fingerprint density at radius 3 is 2.59 bits per heavy atom. The predicted octanol–water partition coefficient (Wildman–Crippen LogP) is 4.86. The van der Waals surface area contributed by atoms with Gasteiger partial charge in [0.1, 0.15) is 5.75 Å². The van der Waals surface area contributed by atoms with E-state index in [9.17, 15) is 4.79 Å². The SMILES string of the molecule is CCN(c1ccc(C(=O)Nc2cccc(OCCCC#N)c2)cc1)C(C)C. The Morgan fingerprint density at radius 2 is 1.96 bits per heavy atom. The molecule has 0 radical (unpaired) electrons. The summed E-state index contributed by atoms with van der Waals surface area (Å²) in [6.45, 7) is 7.83. The largest absolute Gasteiger partial charge is 0.493 e. The van der Waals surface area contributed by atoms with Crippen LogP contribution in [0.25, 0.3) is 0 Å². The molecular formula is C22H27N3O2. The van der Waals surface area contributed by atoms with Crippen LogP contribution in [0.5, 0.6) is 5.75 Å². The number of benzene rings is 2. The van der Waals surface area contributed by atoms with Gasteiger partial charge in [-0.1, -0.05) is 6.07 Å². The van der Waals surface area contributed by atoms with Crippen LogP contribution in [0.3, 0.4) is 0 Å². The molecule has 0 fully saturated rings. The molecule has 0 heterocycles. The lowest BCUT2D eigenvalue weighted by Gasteiger charge is -2.27. The summed E-state index contributed by atoms with van der Waals surface area (Å²) in [5.74, 6) is 0.521. The number of rotatable bonds is 9. The lowest BCUT2D eigenvalue weighted by atomic mass is 10.1. The van der Waals surface area contributed by atoms with Gasteiger partial charge in [-0.2, -0.15) is 5.26 Å². The minimum atomic E-state index is -0.157. The Hall–Kier alpha value is -3.00. The van der Waals surface area contributed by atoms with Crippen molar-refractivity contribution in [3.63, 3.8) is 0 Å². The van der Waals surface area contributed by atoms with Crippen molar-refractivity contribution in [2.24, 2.45) is 0 Å². The topological polar surface area (TPSA) is 65.4 Å². The van der Waals surface area contributed by atoms with E-state index in [1.54, 1.807) is 6.07 Å². The van der Waals surface area contributed by atoms with Crippen molar-refractivity contribution in [2.75, 3.05) is 23.4 Å². The number of amides is 1. The van der Waals surface area contributed by atoms with Crippen LogP contribution in [0.4, 0.5) is 11.4 Å². The van der Waals surface area contributed by atoms with Crippen LogP contribution in [-0.2, 0) is 0 Å². The highest BCUT2D eigenvalue weighted by atomic mass is 16.5. The van der Waals surface area contributed by atoms with Crippen molar-refractivity contribution in [1.29, 1.82) is 5.26 Å². The second-order valence-electron chi connectivity index (χ2n) is 6.52. The summed E-state index contributed by atoms with van der Waals surface area (Å²) in [5, 5.41) is 11.4. The molecule has 1 amide bonds. The molecule has 5 heteroatoms. The first-order chi connectivity index (χ1) is 13.0. The minimum absolute atomic E-state index is 0.157. The summed E-state index contributed by atoms with van der Waals surface area (Å²) in [4.78, 5) is 14.8. The number of carbonyl (C=O) groups is 1. The maximum absolute atomic E-state index is 12.5. The van der Waals surface area contributed by atoms with Crippen LogP contribution in [0, 0.1) is 11.3 Å². The van der Waals surface area contributed by atoms with Crippen LogP contribution in [0.1, 0.15) is 44.0 Å². The molecule has 0 bridgehead atoms. The molecule has 0 atom stereocenters. The van der Waals surface area contributed by atoms with E-state index in [0.717, 1.165) is 12.2 Å². The molecular weight excluding hydrogens is 338 g/mol. The first kappa shape index (κ1) is 20.3. The zero-order valence-corrected chi connectivity index (χ0v) is 16.2. The van der Waals surface area contributed by atoms with E-state index in [2.05, 4.69) is 37.1 Å². The Kier molecular flexibility index (Phi) is 7.69. The zero-order chi connectivity index (χ0) is 19.6. The van der Waals surface area contributed by atoms with Gasteiger partial charge >= 0.3 is 0 Å². The molecule has 0 unspecified atom stereocenters. The Bertz CT molecular complexity index is 779.